The Morgan fingerprint density at radius 1 is 1.45 bits per heavy atom. The van der Waals surface area contributed by atoms with Crippen molar-refractivity contribution in [1.29, 1.82) is 0 Å². The lowest BCUT2D eigenvalue weighted by atomic mass is 9.90. The normalized spacial score (nSPS) is 20.8. The molecule has 1 atom stereocenters. The number of aryl methyl sites for hydroxylation is 1. The van der Waals surface area contributed by atoms with Crippen molar-refractivity contribution < 1.29 is 19.4 Å². The van der Waals surface area contributed by atoms with E-state index in [-0.39, 0.29) is 12.6 Å². The van der Waals surface area contributed by atoms with E-state index >= 15 is 0 Å². The van der Waals surface area contributed by atoms with Gasteiger partial charge in [-0.15, -0.1) is 0 Å². The summed E-state index contributed by atoms with van der Waals surface area (Å²) in [6.45, 7) is 6.74. The minimum atomic E-state index is -0.861. The number of nitrogens with zero attached hydrogens (tertiary/aromatic N) is 1. The second-order valence-corrected chi connectivity index (χ2v) is 5.88. The van der Waals surface area contributed by atoms with Gasteiger partial charge in [0.15, 0.2) is 0 Å². The van der Waals surface area contributed by atoms with E-state index < -0.39 is 11.4 Å². The fraction of sp³-hybridized carbons (Fsp3) is 0.500. The molecule has 2 N–H and O–H groups in total. The minimum Gasteiger partial charge on any atom is -0.494 e. The van der Waals surface area contributed by atoms with E-state index in [2.05, 4.69) is 5.32 Å². The van der Waals surface area contributed by atoms with E-state index in [9.17, 15) is 14.7 Å². The molecule has 0 radical (unpaired) electrons. The number of carboxylic acids is 1. The van der Waals surface area contributed by atoms with Gasteiger partial charge in [-0.05, 0) is 51.0 Å². The average Bonchev–Trinajstić information content (AvgIpc) is 2.86. The highest BCUT2D eigenvalue weighted by Crippen LogP contribution is 2.31. The maximum Gasteiger partial charge on any atom is 0.321 e. The minimum absolute atomic E-state index is 0.226. The van der Waals surface area contributed by atoms with Crippen LogP contribution in [0.25, 0.3) is 0 Å². The maximum absolute atomic E-state index is 12.3. The third-order valence-corrected chi connectivity index (χ3v) is 4.03. The molecule has 1 aliphatic rings. The van der Waals surface area contributed by atoms with Crippen molar-refractivity contribution in [3.63, 3.8) is 0 Å². The molecule has 1 heterocycles. The molecule has 6 nitrogen and oxygen atoms in total. The zero-order valence-corrected chi connectivity index (χ0v) is 13.2. The number of rotatable bonds is 4. The summed E-state index contributed by atoms with van der Waals surface area (Å²) in [6, 6.07) is 5.20. The van der Waals surface area contributed by atoms with Crippen molar-refractivity contribution in [2.45, 2.75) is 27.2 Å². The van der Waals surface area contributed by atoms with Gasteiger partial charge in [-0.25, -0.2) is 4.79 Å². The molecule has 2 amide bonds. The summed E-state index contributed by atoms with van der Waals surface area (Å²) < 4.78 is 5.41. The molecule has 1 aromatic carbocycles. The Kier molecular flexibility index (Phi) is 4.59. The summed E-state index contributed by atoms with van der Waals surface area (Å²) in [6.07, 6.45) is 0.470. The highest BCUT2D eigenvalue weighted by atomic mass is 16.5. The van der Waals surface area contributed by atoms with Crippen molar-refractivity contribution in [2.75, 3.05) is 25.0 Å². The lowest BCUT2D eigenvalue weighted by Crippen LogP contribution is -2.37. The summed E-state index contributed by atoms with van der Waals surface area (Å²) in [5.74, 6) is -0.0994. The van der Waals surface area contributed by atoms with Gasteiger partial charge in [0.25, 0.3) is 0 Å². The molecule has 0 bridgehead atoms. The topological polar surface area (TPSA) is 78.9 Å². The van der Waals surface area contributed by atoms with Crippen LogP contribution in [-0.2, 0) is 4.79 Å². The lowest BCUT2D eigenvalue weighted by molar-refractivity contribution is -0.146. The van der Waals surface area contributed by atoms with Crippen LogP contribution >= 0.6 is 0 Å². The summed E-state index contributed by atoms with van der Waals surface area (Å²) in [4.78, 5) is 25.1. The molecule has 0 spiro atoms. The van der Waals surface area contributed by atoms with Crippen LogP contribution in [0.15, 0.2) is 18.2 Å². The lowest BCUT2D eigenvalue weighted by Gasteiger charge is -2.21. The first kappa shape index (κ1) is 16.1. The molecule has 1 aliphatic heterocycles. The molecule has 1 fully saturated rings. The SMILES string of the molecule is CCOc1ccc(NC(=O)N2CCC(C)(C(=O)O)C2)c(C)c1. The standard InChI is InChI=1S/C16H22N2O4/c1-4-22-12-5-6-13(11(2)9-12)17-15(21)18-8-7-16(3,10-18)14(19)20/h5-6,9H,4,7-8,10H2,1-3H3,(H,17,21)(H,19,20). The van der Waals surface area contributed by atoms with Gasteiger partial charge in [0.1, 0.15) is 5.75 Å². The molecular weight excluding hydrogens is 284 g/mol. The Hall–Kier alpha value is -2.24. The van der Waals surface area contributed by atoms with E-state index in [0.717, 1.165) is 11.3 Å². The number of ether oxygens (including phenoxy) is 1. The number of hydrogen-bond acceptors (Lipinski definition) is 3. The zero-order chi connectivity index (χ0) is 16.3. The molecule has 6 heteroatoms. The maximum atomic E-state index is 12.3. The van der Waals surface area contributed by atoms with Crippen LogP contribution in [-0.4, -0.2) is 41.7 Å². The van der Waals surface area contributed by atoms with E-state index in [1.165, 1.54) is 0 Å². The number of amides is 2. The molecule has 1 unspecified atom stereocenters. The highest BCUT2D eigenvalue weighted by Gasteiger charge is 2.42. The molecular formula is C16H22N2O4. The van der Waals surface area contributed by atoms with Crippen LogP contribution < -0.4 is 10.1 Å². The van der Waals surface area contributed by atoms with E-state index in [0.29, 0.717) is 25.3 Å². The molecule has 0 aliphatic carbocycles. The summed E-state index contributed by atoms with van der Waals surface area (Å²) in [5, 5.41) is 12.1. The summed E-state index contributed by atoms with van der Waals surface area (Å²) in [5.41, 5.74) is 0.752. The molecule has 22 heavy (non-hydrogen) atoms. The average molecular weight is 306 g/mol. The van der Waals surface area contributed by atoms with Crippen LogP contribution in [0.2, 0.25) is 0 Å². The number of hydrogen-bond donors (Lipinski definition) is 2. The first-order valence-corrected chi connectivity index (χ1v) is 7.38. The van der Waals surface area contributed by atoms with E-state index in [4.69, 9.17) is 4.74 Å². The number of likely N-dealkylation sites (tertiary alicyclic amines) is 1. The van der Waals surface area contributed by atoms with Crippen molar-refractivity contribution in [2.24, 2.45) is 5.41 Å². The van der Waals surface area contributed by atoms with E-state index in [1.807, 2.05) is 19.9 Å². The third kappa shape index (κ3) is 3.32. The smallest absolute Gasteiger partial charge is 0.321 e. The van der Waals surface area contributed by atoms with Gasteiger partial charge in [0.2, 0.25) is 0 Å². The highest BCUT2D eigenvalue weighted by molar-refractivity contribution is 5.91. The Balaban J connectivity index is 2.02. The van der Waals surface area contributed by atoms with Gasteiger partial charge < -0.3 is 20.1 Å². The van der Waals surface area contributed by atoms with Crippen LogP contribution in [0, 0.1) is 12.3 Å². The van der Waals surface area contributed by atoms with Gasteiger partial charge in [-0.2, -0.15) is 0 Å². The molecule has 0 saturated carbocycles. The third-order valence-electron chi connectivity index (χ3n) is 4.03. The van der Waals surface area contributed by atoms with Crippen LogP contribution in [0.3, 0.4) is 0 Å². The largest absolute Gasteiger partial charge is 0.494 e. The van der Waals surface area contributed by atoms with Gasteiger partial charge >= 0.3 is 12.0 Å². The number of carbonyl (C=O) groups excluding carboxylic acids is 1. The van der Waals surface area contributed by atoms with Crippen molar-refractivity contribution in [3.8, 4) is 5.75 Å². The van der Waals surface area contributed by atoms with Gasteiger partial charge in [0, 0.05) is 18.8 Å². The number of anilines is 1. The fourth-order valence-corrected chi connectivity index (χ4v) is 2.54. The molecule has 0 aromatic heterocycles. The van der Waals surface area contributed by atoms with Crippen LogP contribution in [0.1, 0.15) is 25.8 Å². The van der Waals surface area contributed by atoms with E-state index in [1.54, 1.807) is 24.0 Å². The predicted octanol–water partition coefficient (Wildman–Crippen LogP) is 2.72. The fourth-order valence-electron chi connectivity index (χ4n) is 2.54. The molecule has 120 valence electrons. The molecule has 1 saturated heterocycles. The Morgan fingerprint density at radius 3 is 2.73 bits per heavy atom. The van der Waals surface area contributed by atoms with Gasteiger partial charge in [0.05, 0.1) is 12.0 Å². The second kappa shape index (κ2) is 6.25. The zero-order valence-electron chi connectivity index (χ0n) is 13.2. The first-order valence-electron chi connectivity index (χ1n) is 7.38. The van der Waals surface area contributed by atoms with Crippen LogP contribution in [0.4, 0.5) is 10.5 Å². The summed E-state index contributed by atoms with van der Waals surface area (Å²) in [7, 11) is 0. The Labute approximate surface area is 130 Å². The molecule has 2 rings (SSSR count). The Bertz CT molecular complexity index is 588. The first-order chi connectivity index (χ1) is 10.4. The van der Waals surface area contributed by atoms with Crippen molar-refractivity contribution in [1.82, 2.24) is 4.90 Å². The number of carboxylic acid groups (broad SMARTS) is 1. The quantitative estimate of drug-likeness (QED) is 0.896. The molecule has 1 aromatic rings. The number of carbonyl (C=O) groups is 2. The van der Waals surface area contributed by atoms with Crippen molar-refractivity contribution in [3.05, 3.63) is 23.8 Å². The van der Waals surface area contributed by atoms with Crippen molar-refractivity contribution >= 4 is 17.7 Å². The van der Waals surface area contributed by atoms with Gasteiger partial charge in [-0.1, -0.05) is 0 Å². The Morgan fingerprint density at radius 2 is 2.18 bits per heavy atom. The predicted molar refractivity (Wildman–Crippen MR) is 83.3 cm³/mol. The summed E-state index contributed by atoms with van der Waals surface area (Å²) >= 11 is 0. The van der Waals surface area contributed by atoms with Crippen LogP contribution in [0.5, 0.6) is 5.75 Å². The number of nitrogens with one attached hydrogen (secondary N) is 1. The number of benzene rings is 1. The second-order valence-electron chi connectivity index (χ2n) is 5.88. The van der Waals surface area contributed by atoms with Gasteiger partial charge in [-0.3, -0.25) is 4.79 Å². The monoisotopic (exact) mass is 306 g/mol. The number of aliphatic carboxylic acids is 1. The number of urea groups is 1.